The second-order valence-corrected chi connectivity index (χ2v) is 3.93. The van der Waals surface area contributed by atoms with Gasteiger partial charge in [-0.25, -0.2) is 4.39 Å². The Hall–Kier alpha value is -1.10. The molecule has 0 saturated carbocycles. The Morgan fingerprint density at radius 1 is 1.25 bits per heavy atom. The highest BCUT2D eigenvalue weighted by Crippen LogP contribution is 2.33. The summed E-state index contributed by atoms with van der Waals surface area (Å²) in [6.07, 6.45) is -3.78. The molecule has 0 aromatic heterocycles. The minimum absolute atomic E-state index is 0.122. The molecule has 1 saturated heterocycles. The van der Waals surface area contributed by atoms with Crippen molar-refractivity contribution in [3.05, 3.63) is 35.1 Å². The highest BCUT2D eigenvalue weighted by Gasteiger charge is 2.34. The SMILES string of the molecule is Fc1cc(C2CCNC2)ccc1C(F)(F)F. The lowest BCUT2D eigenvalue weighted by molar-refractivity contribution is -0.140. The quantitative estimate of drug-likeness (QED) is 0.735. The van der Waals surface area contributed by atoms with Crippen LogP contribution in [0.5, 0.6) is 0 Å². The van der Waals surface area contributed by atoms with Gasteiger partial charge in [-0.3, -0.25) is 0 Å². The van der Waals surface area contributed by atoms with Gasteiger partial charge < -0.3 is 5.32 Å². The smallest absolute Gasteiger partial charge is 0.316 e. The Bertz CT molecular complexity index is 380. The summed E-state index contributed by atoms with van der Waals surface area (Å²) < 4.78 is 50.2. The van der Waals surface area contributed by atoms with Crippen molar-refractivity contribution in [1.82, 2.24) is 5.32 Å². The summed E-state index contributed by atoms with van der Waals surface area (Å²) in [5, 5.41) is 3.09. The van der Waals surface area contributed by atoms with Gasteiger partial charge in [0.1, 0.15) is 5.82 Å². The standard InChI is InChI=1S/C11H11F4N/c12-10-5-7(8-3-4-16-6-8)1-2-9(10)11(13,14)15/h1-2,5,8,16H,3-4,6H2. The fourth-order valence-corrected chi connectivity index (χ4v) is 1.95. The molecule has 0 bridgehead atoms. The lowest BCUT2D eigenvalue weighted by Gasteiger charge is -2.12. The van der Waals surface area contributed by atoms with Crippen molar-refractivity contribution < 1.29 is 17.6 Å². The topological polar surface area (TPSA) is 12.0 Å². The molecule has 2 rings (SSSR count). The first-order valence-electron chi connectivity index (χ1n) is 5.06. The van der Waals surface area contributed by atoms with Crippen molar-refractivity contribution >= 4 is 0 Å². The highest BCUT2D eigenvalue weighted by molar-refractivity contribution is 5.29. The first-order chi connectivity index (χ1) is 7.48. The number of hydrogen-bond donors (Lipinski definition) is 1. The van der Waals surface area contributed by atoms with E-state index in [1.807, 2.05) is 0 Å². The molecule has 1 heterocycles. The zero-order valence-corrected chi connectivity index (χ0v) is 8.44. The Morgan fingerprint density at radius 3 is 2.50 bits per heavy atom. The third-order valence-electron chi connectivity index (χ3n) is 2.83. The molecule has 16 heavy (non-hydrogen) atoms. The number of rotatable bonds is 1. The molecule has 0 amide bonds. The maximum atomic E-state index is 13.3. The van der Waals surface area contributed by atoms with Crippen LogP contribution in [-0.4, -0.2) is 13.1 Å². The zero-order valence-electron chi connectivity index (χ0n) is 8.44. The Morgan fingerprint density at radius 2 is 2.00 bits per heavy atom. The molecule has 1 aliphatic heterocycles. The Labute approximate surface area is 90.5 Å². The maximum absolute atomic E-state index is 13.3. The Balaban J connectivity index is 2.29. The van der Waals surface area contributed by atoms with Gasteiger partial charge in [-0.05, 0) is 36.6 Å². The molecule has 1 aromatic carbocycles. The average molecular weight is 233 g/mol. The van der Waals surface area contributed by atoms with Gasteiger partial charge in [-0.1, -0.05) is 6.07 Å². The number of benzene rings is 1. The van der Waals surface area contributed by atoms with Gasteiger partial charge in [0.2, 0.25) is 0 Å². The van der Waals surface area contributed by atoms with Crippen molar-refractivity contribution in [2.24, 2.45) is 0 Å². The summed E-state index contributed by atoms with van der Waals surface area (Å²) in [6.45, 7) is 1.53. The van der Waals surface area contributed by atoms with Crippen molar-refractivity contribution in [2.75, 3.05) is 13.1 Å². The van der Waals surface area contributed by atoms with E-state index < -0.39 is 17.6 Å². The lowest BCUT2D eigenvalue weighted by atomic mass is 9.97. The molecule has 1 aliphatic rings. The molecular weight excluding hydrogens is 222 g/mol. The van der Waals surface area contributed by atoms with Gasteiger partial charge in [0.05, 0.1) is 5.56 Å². The van der Waals surface area contributed by atoms with Crippen LogP contribution in [0, 0.1) is 5.82 Å². The van der Waals surface area contributed by atoms with Crippen molar-refractivity contribution in [1.29, 1.82) is 0 Å². The molecule has 1 nitrogen and oxygen atoms in total. The number of hydrogen-bond acceptors (Lipinski definition) is 1. The molecule has 88 valence electrons. The summed E-state index contributed by atoms with van der Waals surface area (Å²) in [4.78, 5) is 0. The summed E-state index contributed by atoms with van der Waals surface area (Å²) in [6, 6.07) is 3.19. The van der Waals surface area contributed by atoms with Crippen LogP contribution in [-0.2, 0) is 6.18 Å². The van der Waals surface area contributed by atoms with E-state index in [1.165, 1.54) is 6.07 Å². The van der Waals surface area contributed by atoms with Crippen LogP contribution in [0.15, 0.2) is 18.2 Å². The second kappa shape index (κ2) is 4.05. The molecule has 1 N–H and O–H groups in total. The summed E-state index contributed by atoms with van der Waals surface area (Å²) in [5.74, 6) is -1.06. The van der Waals surface area contributed by atoms with E-state index in [0.29, 0.717) is 12.1 Å². The molecule has 1 atom stereocenters. The minimum Gasteiger partial charge on any atom is -0.316 e. The van der Waals surface area contributed by atoms with Gasteiger partial charge >= 0.3 is 6.18 Å². The van der Waals surface area contributed by atoms with E-state index >= 15 is 0 Å². The molecule has 0 spiro atoms. The fourth-order valence-electron chi connectivity index (χ4n) is 1.95. The highest BCUT2D eigenvalue weighted by atomic mass is 19.4. The largest absolute Gasteiger partial charge is 0.419 e. The maximum Gasteiger partial charge on any atom is 0.419 e. The first kappa shape index (κ1) is 11.4. The van der Waals surface area contributed by atoms with E-state index in [2.05, 4.69) is 5.32 Å². The third-order valence-corrected chi connectivity index (χ3v) is 2.83. The van der Waals surface area contributed by atoms with E-state index in [1.54, 1.807) is 0 Å². The second-order valence-electron chi connectivity index (χ2n) is 3.93. The fraction of sp³-hybridized carbons (Fsp3) is 0.455. The number of alkyl halides is 3. The predicted molar refractivity (Wildman–Crippen MR) is 51.6 cm³/mol. The molecule has 0 radical (unpaired) electrons. The van der Waals surface area contributed by atoms with Crippen LogP contribution < -0.4 is 5.32 Å². The van der Waals surface area contributed by atoms with Gasteiger partial charge in [0.15, 0.2) is 0 Å². The Kier molecular flexibility index (Phi) is 2.88. The van der Waals surface area contributed by atoms with Gasteiger partial charge in [-0.2, -0.15) is 13.2 Å². The lowest BCUT2D eigenvalue weighted by Crippen LogP contribution is -2.11. The molecule has 0 aliphatic carbocycles. The van der Waals surface area contributed by atoms with Crippen molar-refractivity contribution in [2.45, 2.75) is 18.5 Å². The van der Waals surface area contributed by atoms with Crippen LogP contribution in [0.2, 0.25) is 0 Å². The average Bonchev–Trinajstić information content (AvgIpc) is 2.68. The van der Waals surface area contributed by atoms with E-state index in [-0.39, 0.29) is 5.92 Å². The van der Waals surface area contributed by atoms with E-state index in [4.69, 9.17) is 0 Å². The number of halogens is 4. The molecule has 1 fully saturated rings. The monoisotopic (exact) mass is 233 g/mol. The van der Waals surface area contributed by atoms with Crippen LogP contribution in [0.1, 0.15) is 23.5 Å². The van der Waals surface area contributed by atoms with Gasteiger partial charge in [0.25, 0.3) is 0 Å². The molecule has 1 aromatic rings. The molecule has 1 unspecified atom stereocenters. The normalized spacial score (nSPS) is 21.4. The molecule has 5 heteroatoms. The van der Waals surface area contributed by atoms with Crippen molar-refractivity contribution in [3.8, 4) is 0 Å². The van der Waals surface area contributed by atoms with Gasteiger partial charge in [0, 0.05) is 6.54 Å². The van der Waals surface area contributed by atoms with Crippen LogP contribution in [0.4, 0.5) is 17.6 Å². The van der Waals surface area contributed by atoms with Crippen LogP contribution in [0.25, 0.3) is 0 Å². The number of nitrogens with one attached hydrogen (secondary N) is 1. The summed E-state index contributed by atoms with van der Waals surface area (Å²) >= 11 is 0. The minimum atomic E-state index is -4.61. The van der Waals surface area contributed by atoms with E-state index in [9.17, 15) is 17.6 Å². The zero-order chi connectivity index (χ0) is 11.8. The van der Waals surface area contributed by atoms with Crippen LogP contribution >= 0.6 is 0 Å². The van der Waals surface area contributed by atoms with Crippen molar-refractivity contribution in [3.63, 3.8) is 0 Å². The third kappa shape index (κ3) is 2.19. The van der Waals surface area contributed by atoms with Crippen LogP contribution in [0.3, 0.4) is 0 Å². The summed E-state index contributed by atoms with van der Waals surface area (Å²) in [7, 11) is 0. The predicted octanol–water partition coefficient (Wildman–Crippen LogP) is 2.92. The first-order valence-corrected chi connectivity index (χ1v) is 5.06. The van der Waals surface area contributed by atoms with Gasteiger partial charge in [-0.15, -0.1) is 0 Å². The summed E-state index contributed by atoms with van der Waals surface area (Å²) in [5.41, 5.74) is -0.558. The van der Waals surface area contributed by atoms with E-state index in [0.717, 1.165) is 25.1 Å². The molecular formula is C11H11F4N.